The molecule has 0 radical (unpaired) electrons. The normalized spacial score (nSPS) is 12.9. The number of nitro groups is 1. The van der Waals surface area contributed by atoms with Gasteiger partial charge < -0.3 is 0 Å². The van der Waals surface area contributed by atoms with Crippen molar-refractivity contribution < 1.29 is 9.72 Å². The standard InChI is InChI=1S/C17H13Cl3N2O3/c18-17(19,20)16(21-11-12-4-2-1-3-5-12)10-15(23)13-6-8-14(9-7-13)22(24)25/h1-9,11,16H,10H2. The molecule has 0 aliphatic rings. The van der Waals surface area contributed by atoms with Gasteiger partial charge in [0.15, 0.2) is 5.78 Å². The van der Waals surface area contributed by atoms with Crippen molar-refractivity contribution in [3.63, 3.8) is 0 Å². The average Bonchev–Trinajstić information content (AvgIpc) is 2.58. The number of benzene rings is 2. The zero-order chi connectivity index (χ0) is 18.4. The van der Waals surface area contributed by atoms with Gasteiger partial charge in [0.25, 0.3) is 5.69 Å². The molecule has 130 valence electrons. The summed E-state index contributed by atoms with van der Waals surface area (Å²) in [6.45, 7) is 0. The number of alkyl halides is 3. The molecule has 25 heavy (non-hydrogen) atoms. The second-order valence-corrected chi connectivity index (χ2v) is 7.55. The van der Waals surface area contributed by atoms with Crippen molar-refractivity contribution in [2.24, 2.45) is 4.99 Å². The highest BCUT2D eigenvalue weighted by Gasteiger charge is 2.34. The van der Waals surface area contributed by atoms with Crippen molar-refractivity contribution in [1.82, 2.24) is 0 Å². The van der Waals surface area contributed by atoms with Gasteiger partial charge in [0.2, 0.25) is 3.79 Å². The summed E-state index contributed by atoms with van der Waals surface area (Å²) in [6.07, 6.45) is 1.40. The molecular weight excluding hydrogens is 387 g/mol. The van der Waals surface area contributed by atoms with Gasteiger partial charge >= 0.3 is 0 Å². The summed E-state index contributed by atoms with van der Waals surface area (Å²) >= 11 is 17.8. The van der Waals surface area contributed by atoms with Crippen molar-refractivity contribution in [1.29, 1.82) is 0 Å². The molecule has 0 heterocycles. The van der Waals surface area contributed by atoms with E-state index in [1.165, 1.54) is 30.5 Å². The molecule has 1 unspecified atom stereocenters. The Kier molecular flexibility index (Phi) is 6.53. The Balaban J connectivity index is 2.15. The second-order valence-electron chi connectivity index (χ2n) is 5.18. The highest BCUT2D eigenvalue weighted by atomic mass is 35.6. The number of hydrogen-bond donors (Lipinski definition) is 0. The third-order valence-corrected chi connectivity index (χ3v) is 4.12. The lowest BCUT2D eigenvalue weighted by molar-refractivity contribution is -0.384. The van der Waals surface area contributed by atoms with Crippen LogP contribution < -0.4 is 0 Å². The number of nitrogens with zero attached hydrogens (tertiary/aromatic N) is 2. The van der Waals surface area contributed by atoms with E-state index in [4.69, 9.17) is 34.8 Å². The molecule has 8 heteroatoms. The summed E-state index contributed by atoms with van der Waals surface area (Å²) < 4.78 is -1.76. The predicted molar refractivity (Wildman–Crippen MR) is 100 cm³/mol. The molecule has 0 aromatic heterocycles. The first kappa shape index (κ1) is 19.4. The maximum atomic E-state index is 12.4. The summed E-state index contributed by atoms with van der Waals surface area (Å²) in [5.41, 5.74) is 1.00. The van der Waals surface area contributed by atoms with E-state index in [1.807, 2.05) is 30.3 Å². The van der Waals surface area contributed by atoms with Gasteiger partial charge in [-0.1, -0.05) is 65.1 Å². The summed E-state index contributed by atoms with van der Waals surface area (Å²) in [5, 5.41) is 10.7. The lowest BCUT2D eigenvalue weighted by atomic mass is 10.0. The fourth-order valence-corrected chi connectivity index (χ4v) is 2.43. The van der Waals surface area contributed by atoms with Gasteiger partial charge in [-0.3, -0.25) is 19.9 Å². The molecule has 0 saturated heterocycles. The molecule has 5 nitrogen and oxygen atoms in total. The molecule has 0 aliphatic carbocycles. The topological polar surface area (TPSA) is 72.6 Å². The first-order chi connectivity index (χ1) is 11.8. The molecule has 0 bridgehead atoms. The number of aliphatic imine (C=N–C) groups is 1. The minimum Gasteiger partial charge on any atom is -0.294 e. The van der Waals surface area contributed by atoms with Crippen LogP contribution in [0, 0.1) is 10.1 Å². The van der Waals surface area contributed by atoms with Crippen LogP contribution in [0.3, 0.4) is 0 Å². The summed E-state index contributed by atoms with van der Waals surface area (Å²) in [6, 6.07) is 13.6. The third kappa shape index (κ3) is 5.81. The third-order valence-electron chi connectivity index (χ3n) is 3.36. The Hall–Kier alpha value is -1.95. The van der Waals surface area contributed by atoms with E-state index in [1.54, 1.807) is 0 Å². The van der Waals surface area contributed by atoms with Gasteiger partial charge in [0.05, 0.1) is 4.92 Å². The van der Waals surface area contributed by atoms with Crippen LogP contribution in [0.5, 0.6) is 0 Å². The van der Waals surface area contributed by atoms with Gasteiger partial charge in [-0.2, -0.15) is 0 Å². The number of Topliss-reactive ketones (excluding diaryl/α,β-unsaturated/α-hetero) is 1. The lowest BCUT2D eigenvalue weighted by Crippen LogP contribution is -2.27. The Bertz CT molecular complexity index is 772. The van der Waals surface area contributed by atoms with Crippen LogP contribution in [0.1, 0.15) is 22.3 Å². The molecule has 0 saturated carbocycles. The van der Waals surface area contributed by atoms with Crippen LogP contribution in [-0.2, 0) is 0 Å². The summed E-state index contributed by atoms with van der Waals surface area (Å²) in [5.74, 6) is -0.323. The predicted octanol–water partition coefficient (Wildman–Crippen LogP) is 5.03. The molecule has 0 amide bonds. The zero-order valence-corrected chi connectivity index (χ0v) is 15.1. The fourth-order valence-electron chi connectivity index (χ4n) is 2.03. The maximum Gasteiger partial charge on any atom is 0.269 e. The van der Waals surface area contributed by atoms with Gasteiger partial charge in [-0.25, -0.2) is 0 Å². The Morgan fingerprint density at radius 1 is 1.12 bits per heavy atom. The van der Waals surface area contributed by atoms with E-state index >= 15 is 0 Å². The monoisotopic (exact) mass is 398 g/mol. The number of carbonyl (C=O) groups is 1. The Morgan fingerprint density at radius 2 is 1.72 bits per heavy atom. The van der Waals surface area contributed by atoms with E-state index < -0.39 is 14.8 Å². The van der Waals surface area contributed by atoms with Crippen LogP contribution in [0.25, 0.3) is 0 Å². The second kappa shape index (κ2) is 8.43. The highest BCUT2D eigenvalue weighted by molar-refractivity contribution is 6.68. The molecular formula is C17H13Cl3N2O3. The Labute approximate surface area is 159 Å². The number of hydrogen-bond acceptors (Lipinski definition) is 4. The minimum absolute atomic E-state index is 0.100. The molecule has 2 aromatic carbocycles. The van der Waals surface area contributed by atoms with Gasteiger partial charge in [-0.15, -0.1) is 0 Å². The number of carbonyl (C=O) groups excluding carboxylic acids is 1. The van der Waals surface area contributed by atoms with Crippen LogP contribution >= 0.6 is 34.8 Å². The van der Waals surface area contributed by atoms with Crippen LogP contribution in [0.2, 0.25) is 0 Å². The van der Waals surface area contributed by atoms with Crippen molar-refractivity contribution in [2.75, 3.05) is 0 Å². The molecule has 2 aromatic rings. The average molecular weight is 400 g/mol. The van der Waals surface area contributed by atoms with Crippen molar-refractivity contribution >= 4 is 52.5 Å². The van der Waals surface area contributed by atoms with Gasteiger partial charge in [-0.05, 0) is 17.7 Å². The van der Waals surface area contributed by atoms with E-state index in [9.17, 15) is 14.9 Å². The molecule has 0 fully saturated rings. The van der Waals surface area contributed by atoms with E-state index in [0.717, 1.165) is 5.56 Å². The van der Waals surface area contributed by atoms with Gasteiger partial charge in [0, 0.05) is 30.3 Å². The van der Waals surface area contributed by atoms with Gasteiger partial charge in [0.1, 0.15) is 6.04 Å². The number of non-ortho nitro benzene ring substituents is 1. The maximum absolute atomic E-state index is 12.4. The lowest BCUT2D eigenvalue weighted by Gasteiger charge is -2.19. The molecule has 0 spiro atoms. The van der Waals surface area contributed by atoms with E-state index in [0.29, 0.717) is 5.56 Å². The van der Waals surface area contributed by atoms with Crippen molar-refractivity contribution in [3.8, 4) is 0 Å². The number of nitro benzene ring substituents is 1. The smallest absolute Gasteiger partial charge is 0.269 e. The fraction of sp³-hybridized carbons (Fsp3) is 0.176. The van der Waals surface area contributed by atoms with E-state index in [2.05, 4.69) is 4.99 Å². The zero-order valence-electron chi connectivity index (χ0n) is 12.8. The number of ketones is 1. The SMILES string of the molecule is O=C(CC(N=Cc1ccccc1)C(Cl)(Cl)Cl)c1ccc([N+](=O)[O-])cc1. The molecule has 1 atom stereocenters. The van der Waals surface area contributed by atoms with Crippen molar-refractivity contribution in [3.05, 3.63) is 75.8 Å². The minimum atomic E-state index is -1.76. The first-order valence-electron chi connectivity index (χ1n) is 7.20. The highest BCUT2D eigenvalue weighted by Crippen LogP contribution is 2.34. The largest absolute Gasteiger partial charge is 0.294 e. The van der Waals surface area contributed by atoms with Crippen LogP contribution in [-0.4, -0.2) is 26.8 Å². The summed E-state index contributed by atoms with van der Waals surface area (Å²) in [7, 11) is 0. The summed E-state index contributed by atoms with van der Waals surface area (Å²) in [4.78, 5) is 26.7. The van der Waals surface area contributed by atoms with Crippen molar-refractivity contribution in [2.45, 2.75) is 16.3 Å². The molecule has 0 aliphatic heterocycles. The number of rotatable bonds is 6. The van der Waals surface area contributed by atoms with Crippen LogP contribution in [0.15, 0.2) is 59.6 Å². The molecule has 2 rings (SSSR count). The quantitative estimate of drug-likeness (QED) is 0.225. The Morgan fingerprint density at radius 3 is 2.24 bits per heavy atom. The van der Waals surface area contributed by atoms with E-state index in [-0.39, 0.29) is 17.9 Å². The van der Waals surface area contributed by atoms with Crippen LogP contribution in [0.4, 0.5) is 5.69 Å². The molecule has 0 N–H and O–H groups in total. The first-order valence-corrected chi connectivity index (χ1v) is 8.33. The number of halogens is 3.